The molecule has 2 aliphatic carbocycles. The quantitative estimate of drug-likeness (QED) is 0.0464. The lowest BCUT2D eigenvalue weighted by Crippen LogP contribution is -2.48. The lowest BCUT2D eigenvalue weighted by atomic mass is 9.98. The number of rotatable bonds is 22. The lowest BCUT2D eigenvalue weighted by molar-refractivity contribution is 0.00491. The first-order chi connectivity index (χ1) is 46.8. The van der Waals surface area contributed by atoms with Gasteiger partial charge in [0.05, 0.1) is 90.9 Å². The van der Waals surface area contributed by atoms with Gasteiger partial charge in [-0.05, 0) is 96.5 Å². The van der Waals surface area contributed by atoms with Crippen molar-refractivity contribution in [3.8, 4) is 23.0 Å². The summed E-state index contributed by atoms with van der Waals surface area (Å²) in [7, 11) is 6.45. The molecule has 500 valence electrons. The Bertz CT molecular complexity index is 3980. The van der Waals surface area contributed by atoms with Gasteiger partial charge in [-0.1, -0.05) is 48.5 Å². The van der Waals surface area contributed by atoms with Gasteiger partial charge in [-0.2, -0.15) is 49.9 Å². The number of carbonyl (C=O) groups is 1. The largest absolute Gasteiger partial charge is 0.497 e. The van der Waals surface area contributed by atoms with Gasteiger partial charge in [-0.3, -0.25) is 0 Å². The number of aromatic nitrogens is 14. The van der Waals surface area contributed by atoms with Gasteiger partial charge in [0.15, 0.2) is 34.0 Å². The Kier molecular flexibility index (Phi) is 17.6. The highest BCUT2D eigenvalue weighted by Crippen LogP contribution is 2.43. The molecule has 2 saturated heterocycles. The van der Waals surface area contributed by atoms with E-state index in [4.69, 9.17) is 48.9 Å². The molecule has 2 aliphatic heterocycles. The number of amides is 2. The van der Waals surface area contributed by atoms with E-state index in [1.165, 1.54) is 22.0 Å². The zero-order chi connectivity index (χ0) is 66.3. The van der Waals surface area contributed by atoms with Crippen LogP contribution in [0.4, 0.5) is 28.3 Å². The zero-order valence-electron chi connectivity index (χ0n) is 52.9. The molecule has 10 aromatic rings. The molecule has 6 aromatic heterocycles. The summed E-state index contributed by atoms with van der Waals surface area (Å²) in [5.74, 6) is 4.21. The van der Waals surface area contributed by atoms with Crippen LogP contribution in [-0.2, 0) is 13.2 Å². The number of carbonyl (C=O) groups excluding carboxylic acids is 1. The molecule has 4 aliphatic rings. The number of urea groups is 1. The Labute approximate surface area is 549 Å². The second-order valence-electron chi connectivity index (χ2n) is 24.5. The second kappa shape index (κ2) is 26.8. The number of fused-ring (bicyclic) bond motifs is 2. The molecule has 31 heteroatoms. The van der Waals surface area contributed by atoms with Crippen LogP contribution in [-0.4, -0.2) is 197 Å². The summed E-state index contributed by atoms with van der Waals surface area (Å²) in [6, 6.07) is 26.0. The zero-order valence-corrected chi connectivity index (χ0v) is 52.9. The van der Waals surface area contributed by atoms with Crippen molar-refractivity contribution in [1.82, 2.24) is 79.7 Å². The molecule has 96 heavy (non-hydrogen) atoms. The third kappa shape index (κ3) is 12.3. The number of aliphatic hydroxyl groups is 6. The van der Waals surface area contributed by atoms with E-state index in [9.17, 15) is 35.4 Å². The summed E-state index contributed by atoms with van der Waals surface area (Å²) in [6.45, 7) is 0.958. The summed E-state index contributed by atoms with van der Waals surface area (Å²) in [6.07, 6.45) is 2.47. The molecule has 31 nitrogen and oxygen atoms in total. The van der Waals surface area contributed by atoms with E-state index in [1.807, 2.05) is 107 Å². The number of hydrogen-bond acceptors (Lipinski definition) is 25. The predicted molar refractivity (Wildman–Crippen MR) is 348 cm³/mol. The average Bonchev–Trinajstić information content (AvgIpc) is 1.59. The molecule has 2 saturated carbocycles. The van der Waals surface area contributed by atoms with E-state index < -0.39 is 60.7 Å². The van der Waals surface area contributed by atoms with Crippen LogP contribution in [0.5, 0.6) is 23.0 Å². The van der Waals surface area contributed by atoms with Crippen LogP contribution in [0.25, 0.3) is 22.3 Å². The molecule has 4 fully saturated rings. The monoisotopic (exact) mass is 1310 g/mol. The fraction of sp³-hybridized carbons (Fsp3) is 0.400. The highest BCUT2D eigenvalue weighted by Gasteiger charge is 2.47. The lowest BCUT2D eigenvalue weighted by Gasteiger charge is -2.24. The molecule has 14 rings (SSSR count). The highest BCUT2D eigenvalue weighted by molar-refractivity contribution is 5.86. The van der Waals surface area contributed by atoms with E-state index >= 15 is 0 Å². The van der Waals surface area contributed by atoms with Gasteiger partial charge in [-0.25, -0.2) is 14.8 Å². The van der Waals surface area contributed by atoms with E-state index in [0.717, 1.165) is 22.3 Å². The number of nitrogens with one attached hydrogen (secondary N) is 4. The first kappa shape index (κ1) is 63.1. The number of aliphatic hydroxyl groups excluding tert-OH is 6. The number of hydrogen-bond donors (Lipinski definition) is 10. The van der Waals surface area contributed by atoms with Gasteiger partial charge in [0, 0.05) is 38.3 Å². The number of ether oxygens (including phenoxy) is 4. The molecule has 4 aromatic carbocycles. The number of nitrogens with zero attached hydrogens (tertiary/aromatic N) is 16. The summed E-state index contributed by atoms with van der Waals surface area (Å²) in [5, 5.41) is 97.0. The van der Waals surface area contributed by atoms with Crippen LogP contribution in [0.15, 0.2) is 122 Å². The van der Waals surface area contributed by atoms with Gasteiger partial charge in [0.2, 0.25) is 11.9 Å². The van der Waals surface area contributed by atoms with Crippen molar-refractivity contribution in [2.24, 2.45) is 0 Å². The van der Waals surface area contributed by atoms with Gasteiger partial charge in [-0.15, -0.1) is 0 Å². The molecule has 0 spiro atoms. The normalized spacial score (nSPS) is 22.6. The first-order valence-corrected chi connectivity index (χ1v) is 31.7. The van der Waals surface area contributed by atoms with E-state index in [1.54, 1.807) is 50.2 Å². The van der Waals surface area contributed by atoms with Gasteiger partial charge in [0.1, 0.15) is 70.9 Å². The number of methoxy groups -OCH3 is 4. The second-order valence-corrected chi connectivity index (χ2v) is 24.5. The highest BCUT2D eigenvalue weighted by atomic mass is 16.5. The molecular formula is C65H74N20O11. The van der Waals surface area contributed by atoms with Crippen LogP contribution in [0, 0.1) is 0 Å². The van der Waals surface area contributed by atoms with E-state index in [-0.39, 0.29) is 44.2 Å². The Morgan fingerprint density at radius 2 is 0.844 bits per heavy atom. The minimum absolute atomic E-state index is 0.209. The van der Waals surface area contributed by atoms with Gasteiger partial charge in [0.25, 0.3) is 0 Å². The van der Waals surface area contributed by atoms with Gasteiger partial charge < -0.3 is 89.8 Å². The van der Waals surface area contributed by atoms with Crippen molar-refractivity contribution in [2.45, 2.75) is 112 Å². The minimum Gasteiger partial charge on any atom is -0.497 e. The Balaban J connectivity index is 0.727. The maximum Gasteiger partial charge on any atom is 0.315 e. The molecule has 10 N–H and O–H groups in total. The van der Waals surface area contributed by atoms with Crippen LogP contribution in [0.3, 0.4) is 0 Å². The summed E-state index contributed by atoms with van der Waals surface area (Å²) < 4.78 is 25.6. The summed E-state index contributed by atoms with van der Waals surface area (Å²) in [5.41, 5.74) is 5.82. The Morgan fingerprint density at radius 3 is 1.17 bits per heavy atom. The summed E-state index contributed by atoms with van der Waals surface area (Å²) >= 11 is 0. The van der Waals surface area contributed by atoms with Crippen molar-refractivity contribution in [1.29, 1.82) is 0 Å². The molecule has 2 amide bonds. The fourth-order valence-electron chi connectivity index (χ4n) is 13.6. The van der Waals surface area contributed by atoms with Crippen LogP contribution < -0.4 is 50.0 Å². The maximum absolute atomic E-state index is 14.2. The minimum atomic E-state index is -1.27. The number of anilines is 4. The van der Waals surface area contributed by atoms with Crippen molar-refractivity contribution < 1.29 is 54.4 Å². The van der Waals surface area contributed by atoms with Crippen molar-refractivity contribution in [3.63, 3.8) is 0 Å². The molecular weight excluding hydrogens is 1240 g/mol. The Morgan fingerprint density at radius 1 is 0.500 bits per heavy atom. The standard InChI is InChI=1S/C65H74N20O11/c1-93-43-13-5-35(6-14-43)51(36-7-15-44(94-2)16-8-36)72-59-53-61(82(33-66-53)47-25-49(57(90)55(47)88)84-68-27-41(31-86)78-84)76-63(74-59)80-23-21-39(29-80)70-65(92)71-40-22-24-81(30-40)64-75-60(73-52(37-9-17-45(95-3)18-10-37)38-11-19-46(96-4)20-12-38)54-62(77-64)83(34-67-54)48-26-50(58(91)56(48)89)85-69-28-42(32-87)79-85/h5-20,27-28,33-34,39-40,47-52,55-58,86-91H,21-26,29-32H2,1-4H3,(H2,70,71,92)(H,72,74,76)(H,73,75,77)/t39-,40?,47+,48?,49+,50?,55+,56?,57?,58?/m0/s1. The third-order valence-corrected chi connectivity index (χ3v) is 18.8. The molecule has 0 bridgehead atoms. The van der Waals surface area contributed by atoms with E-state index in [2.05, 4.69) is 41.7 Å². The third-order valence-electron chi connectivity index (χ3n) is 18.8. The maximum atomic E-state index is 14.2. The summed E-state index contributed by atoms with van der Waals surface area (Å²) in [4.78, 5) is 51.2. The molecule has 0 radical (unpaired) electrons. The average molecular weight is 1310 g/mol. The predicted octanol–water partition coefficient (Wildman–Crippen LogP) is 3.54. The van der Waals surface area contributed by atoms with Crippen LogP contribution >= 0.6 is 0 Å². The number of imidazole rings is 2. The fourth-order valence-corrected chi connectivity index (χ4v) is 13.6. The topological polar surface area (TPSA) is 379 Å². The van der Waals surface area contributed by atoms with Crippen molar-refractivity contribution >= 4 is 51.9 Å². The van der Waals surface area contributed by atoms with Crippen molar-refractivity contribution in [2.75, 3.05) is 75.1 Å². The number of benzene rings is 4. The van der Waals surface area contributed by atoms with Crippen LogP contribution in [0.1, 0.15) is 95.6 Å². The Hall–Kier alpha value is -10.3. The first-order valence-electron chi connectivity index (χ1n) is 31.7. The molecule has 10 atom stereocenters. The van der Waals surface area contributed by atoms with Crippen LogP contribution in [0.2, 0.25) is 0 Å². The van der Waals surface area contributed by atoms with Gasteiger partial charge >= 0.3 is 6.03 Å². The van der Waals surface area contributed by atoms with Crippen molar-refractivity contribution in [3.05, 3.63) is 156 Å². The SMILES string of the molecule is COc1ccc(C(Nc2nc(N3CCC(NC(=O)N[C@H]4CCN(c5nc(NC(c6ccc(OC)cc6)c6ccc(OC)cc6)c6ncn([C@@H]7C[C@@H](n8ncc(CO)n8)C(O)[C@@H]7O)c6n5)C4)C3)nc3c2ncn3C2CC(n3ncc(CO)n3)C(O)C2O)c2ccc(OC)cc2)cc1. The van der Waals surface area contributed by atoms with E-state index in [0.29, 0.717) is 119 Å². The smallest absolute Gasteiger partial charge is 0.315 e. The molecule has 8 heterocycles. The molecule has 6 unspecified atom stereocenters.